The molecule has 1 aromatic carbocycles. The highest BCUT2D eigenvalue weighted by Gasteiger charge is 2.31. The van der Waals surface area contributed by atoms with Crippen molar-refractivity contribution in [3.05, 3.63) is 46.0 Å². The average molecular weight is 411 g/mol. The van der Waals surface area contributed by atoms with Crippen LogP contribution in [0.1, 0.15) is 38.2 Å². The number of benzene rings is 1. The highest BCUT2D eigenvalue weighted by Crippen LogP contribution is 2.36. The molecule has 1 atom stereocenters. The van der Waals surface area contributed by atoms with E-state index in [9.17, 15) is 10.1 Å². The first-order valence-electron chi connectivity index (χ1n) is 10.9. The van der Waals surface area contributed by atoms with Gasteiger partial charge in [0.2, 0.25) is 17.6 Å². The first-order valence-corrected chi connectivity index (χ1v) is 10.9. The second-order valence-electron chi connectivity index (χ2n) is 8.65. The number of nitrogens with zero attached hydrogens (tertiary/aromatic N) is 5. The summed E-state index contributed by atoms with van der Waals surface area (Å²) >= 11 is 0. The van der Waals surface area contributed by atoms with Crippen molar-refractivity contribution >= 4 is 23.3 Å². The van der Waals surface area contributed by atoms with E-state index in [1.165, 1.54) is 5.56 Å². The molecule has 2 aliphatic heterocycles. The molecule has 1 unspecified atom stereocenters. The highest BCUT2D eigenvalue weighted by atomic mass is 16.6. The molecule has 0 radical (unpaired) electrons. The molecule has 2 aromatic rings. The average Bonchev–Trinajstić information content (AvgIpc) is 2.74. The van der Waals surface area contributed by atoms with Gasteiger partial charge in [-0.3, -0.25) is 10.1 Å². The summed E-state index contributed by atoms with van der Waals surface area (Å²) < 4.78 is 0. The fraction of sp³-hybridized carbons (Fsp3) is 0.545. The van der Waals surface area contributed by atoms with Crippen LogP contribution in [0.4, 0.5) is 23.3 Å². The van der Waals surface area contributed by atoms with Crippen molar-refractivity contribution in [3.63, 3.8) is 0 Å². The van der Waals surface area contributed by atoms with Crippen molar-refractivity contribution in [2.24, 2.45) is 11.8 Å². The number of nitrogen functional groups attached to an aromatic ring is 1. The van der Waals surface area contributed by atoms with Gasteiger partial charge in [0.1, 0.15) is 0 Å². The molecule has 0 bridgehead atoms. The minimum Gasteiger partial charge on any atom is -0.378 e. The second-order valence-corrected chi connectivity index (χ2v) is 8.65. The van der Waals surface area contributed by atoms with Gasteiger partial charge in [0.25, 0.3) is 0 Å². The van der Waals surface area contributed by atoms with Crippen molar-refractivity contribution in [1.82, 2.24) is 9.97 Å². The standard InChI is InChI=1S/C22H30N6O2/c1-16-6-5-11-27(15-16)21-19(28(29)30)20(23)24-22(25-21)26-12-9-18(10-13-26)14-17-7-3-2-4-8-17/h2-4,7-8,16,18H,5-6,9-15H2,1H3,(H2,23,24,25). The van der Waals surface area contributed by atoms with Gasteiger partial charge in [-0.15, -0.1) is 0 Å². The molecule has 2 saturated heterocycles. The lowest BCUT2D eigenvalue weighted by Gasteiger charge is -2.34. The molecule has 30 heavy (non-hydrogen) atoms. The second kappa shape index (κ2) is 8.85. The van der Waals surface area contributed by atoms with E-state index in [0.29, 0.717) is 23.6 Å². The van der Waals surface area contributed by atoms with Gasteiger partial charge in [-0.2, -0.15) is 9.97 Å². The van der Waals surface area contributed by atoms with E-state index in [1.807, 2.05) is 11.0 Å². The van der Waals surface area contributed by atoms with Crippen LogP contribution in [-0.4, -0.2) is 41.1 Å². The molecule has 0 saturated carbocycles. The Morgan fingerprint density at radius 3 is 2.50 bits per heavy atom. The lowest BCUT2D eigenvalue weighted by Crippen LogP contribution is -2.38. The number of anilines is 3. The van der Waals surface area contributed by atoms with Crippen LogP contribution in [0.15, 0.2) is 30.3 Å². The van der Waals surface area contributed by atoms with Gasteiger partial charge in [0.05, 0.1) is 4.92 Å². The first-order chi connectivity index (χ1) is 14.5. The number of piperidine rings is 2. The molecule has 0 amide bonds. The van der Waals surface area contributed by atoms with E-state index in [2.05, 4.69) is 46.1 Å². The molecule has 160 valence electrons. The Kier molecular flexibility index (Phi) is 6.01. The summed E-state index contributed by atoms with van der Waals surface area (Å²) in [4.78, 5) is 24.4. The molecule has 0 aliphatic carbocycles. The third-order valence-electron chi connectivity index (χ3n) is 6.28. The topological polar surface area (TPSA) is 101 Å². The number of nitrogens with two attached hydrogens (primary N) is 1. The first kappa shape index (κ1) is 20.4. The molecule has 8 nitrogen and oxygen atoms in total. The Hall–Kier alpha value is -2.90. The summed E-state index contributed by atoms with van der Waals surface area (Å²) in [6.07, 6.45) is 5.31. The summed E-state index contributed by atoms with van der Waals surface area (Å²) in [5.41, 5.74) is 7.26. The van der Waals surface area contributed by atoms with Crippen LogP contribution in [0.2, 0.25) is 0 Å². The van der Waals surface area contributed by atoms with Crippen molar-refractivity contribution in [2.45, 2.75) is 39.0 Å². The minimum absolute atomic E-state index is 0.0374. The number of aromatic nitrogens is 2. The van der Waals surface area contributed by atoms with Crippen molar-refractivity contribution in [3.8, 4) is 0 Å². The van der Waals surface area contributed by atoms with Gasteiger partial charge < -0.3 is 15.5 Å². The molecular formula is C22H30N6O2. The smallest absolute Gasteiger partial charge is 0.353 e. The Morgan fingerprint density at radius 2 is 1.83 bits per heavy atom. The normalized spacial score (nSPS) is 20.4. The monoisotopic (exact) mass is 410 g/mol. The zero-order valence-electron chi connectivity index (χ0n) is 17.5. The predicted octanol–water partition coefficient (Wildman–Crippen LogP) is 3.66. The van der Waals surface area contributed by atoms with Crippen LogP contribution >= 0.6 is 0 Å². The van der Waals surface area contributed by atoms with Gasteiger partial charge in [0, 0.05) is 26.2 Å². The van der Waals surface area contributed by atoms with Gasteiger partial charge in [-0.05, 0) is 49.5 Å². The van der Waals surface area contributed by atoms with Crippen molar-refractivity contribution in [2.75, 3.05) is 41.7 Å². The predicted molar refractivity (Wildman–Crippen MR) is 119 cm³/mol. The number of hydrogen-bond donors (Lipinski definition) is 1. The Bertz CT molecular complexity index is 883. The highest BCUT2D eigenvalue weighted by molar-refractivity contribution is 5.71. The van der Waals surface area contributed by atoms with Crippen LogP contribution < -0.4 is 15.5 Å². The lowest BCUT2D eigenvalue weighted by molar-refractivity contribution is -0.383. The maximum absolute atomic E-state index is 11.7. The fourth-order valence-corrected chi connectivity index (χ4v) is 4.65. The number of nitro groups is 1. The maximum Gasteiger partial charge on any atom is 0.353 e. The summed E-state index contributed by atoms with van der Waals surface area (Å²) in [6, 6.07) is 10.6. The van der Waals surface area contributed by atoms with Crippen LogP contribution in [0.5, 0.6) is 0 Å². The van der Waals surface area contributed by atoms with E-state index in [0.717, 1.165) is 58.3 Å². The largest absolute Gasteiger partial charge is 0.378 e. The molecule has 2 fully saturated rings. The summed E-state index contributed by atoms with van der Waals surface area (Å²) in [6.45, 7) is 5.37. The van der Waals surface area contributed by atoms with E-state index in [4.69, 9.17) is 5.73 Å². The van der Waals surface area contributed by atoms with E-state index in [1.54, 1.807) is 0 Å². The zero-order chi connectivity index (χ0) is 21.1. The van der Waals surface area contributed by atoms with E-state index >= 15 is 0 Å². The Balaban J connectivity index is 1.51. The zero-order valence-corrected chi connectivity index (χ0v) is 17.5. The molecule has 0 spiro atoms. The Labute approximate surface area is 177 Å². The quantitative estimate of drug-likeness (QED) is 0.593. The number of rotatable bonds is 5. The van der Waals surface area contributed by atoms with E-state index < -0.39 is 4.92 Å². The van der Waals surface area contributed by atoms with Crippen LogP contribution in [0, 0.1) is 22.0 Å². The SMILES string of the molecule is CC1CCCN(c2nc(N3CCC(Cc4ccccc4)CC3)nc(N)c2[N+](=O)[O-])C1. The molecular weight excluding hydrogens is 380 g/mol. The molecule has 3 heterocycles. The third kappa shape index (κ3) is 4.47. The molecule has 2 aliphatic rings. The van der Waals surface area contributed by atoms with Gasteiger partial charge >= 0.3 is 5.69 Å². The molecule has 2 N–H and O–H groups in total. The minimum atomic E-state index is -0.445. The lowest BCUT2D eigenvalue weighted by atomic mass is 9.90. The van der Waals surface area contributed by atoms with Gasteiger partial charge in [0.15, 0.2) is 0 Å². The van der Waals surface area contributed by atoms with Gasteiger partial charge in [-0.25, -0.2) is 0 Å². The summed E-state index contributed by atoms with van der Waals surface area (Å²) in [5, 5.41) is 11.7. The van der Waals surface area contributed by atoms with E-state index in [-0.39, 0.29) is 11.5 Å². The van der Waals surface area contributed by atoms with Crippen molar-refractivity contribution < 1.29 is 4.92 Å². The maximum atomic E-state index is 11.7. The van der Waals surface area contributed by atoms with Gasteiger partial charge in [-0.1, -0.05) is 37.3 Å². The van der Waals surface area contributed by atoms with Crippen LogP contribution in [0.3, 0.4) is 0 Å². The summed E-state index contributed by atoms with van der Waals surface area (Å²) in [5.74, 6) is 1.96. The molecule has 1 aromatic heterocycles. The third-order valence-corrected chi connectivity index (χ3v) is 6.28. The molecule has 8 heteroatoms. The van der Waals surface area contributed by atoms with Crippen LogP contribution in [-0.2, 0) is 6.42 Å². The molecule has 4 rings (SSSR count). The number of hydrogen-bond acceptors (Lipinski definition) is 7. The Morgan fingerprint density at radius 1 is 1.10 bits per heavy atom. The van der Waals surface area contributed by atoms with Crippen molar-refractivity contribution in [1.29, 1.82) is 0 Å². The summed E-state index contributed by atoms with van der Waals surface area (Å²) in [7, 11) is 0. The van der Waals surface area contributed by atoms with Crippen LogP contribution in [0.25, 0.3) is 0 Å². The fourth-order valence-electron chi connectivity index (χ4n) is 4.65.